The number of esters is 1. The molecule has 140 valence electrons. The zero-order valence-electron chi connectivity index (χ0n) is 14.9. The first-order chi connectivity index (χ1) is 13.0. The van der Waals surface area contributed by atoms with Crippen molar-refractivity contribution in [1.29, 1.82) is 0 Å². The van der Waals surface area contributed by atoms with Gasteiger partial charge < -0.3 is 19.2 Å². The zero-order chi connectivity index (χ0) is 19.4. The quantitative estimate of drug-likeness (QED) is 0.649. The summed E-state index contributed by atoms with van der Waals surface area (Å²) in [5.74, 6) is -0.341. The van der Waals surface area contributed by atoms with Gasteiger partial charge in [0.15, 0.2) is 12.2 Å². The lowest BCUT2D eigenvalue weighted by molar-refractivity contribution is -0.124. The third-order valence-electron chi connectivity index (χ3n) is 4.08. The monoisotopic (exact) mass is 387 g/mol. The topological polar surface area (TPSA) is 77.8 Å². The number of hydrogen-bond acceptors (Lipinski definition) is 5. The largest absolute Gasteiger partial charge is 0.497 e. The van der Waals surface area contributed by atoms with E-state index < -0.39 is 18.5 Å². The van der Waals surface area contributed by atoms with Gasteiger partial charge in [-0.25, -0.2) is 4.79 Å². The van der Waals surface area contributed by atoms with Gasteiger partial charge in [-0.2, -0.15) is 0 Å². The molecule has 0 aliphatic heterocycles. The molecule has 0 atom stereocenters. The number of aryl methyl sites for hydroxylation is 1. The van der Waals surface area contributed by atoms with Crippen molar-refractivity contribution in [1.82, 2.24) is 5.32 Å². The van der Waals surface area contributed by atoms with E-state index in [-0.39, 0.29) is 5.76 Å². The number of fused-ring (bicyclic) bond motifs is 1. The second-order valence-electron chi connectivity index (χ2n) is 5.87. The standard InChI is InChI=1S/C20H18ClNO5/c1-12-15-4-3-5-16(21)19(15)27-18(12)20(24)26-11-17(23)22-10-13-6-8-14(25-2)9-7-13/h3-9H,10-11H2,1-2H3,(H,22,23). The summed E-state index contributed by atoms with van der Waals surface area (Å²) >= 11 is 6.08. The van der Waals surface area contributed by atoms with Crippen LogP contribution in [0.5, 0.6) is 5.75 Å². The van der Waals surface area contributed by atoms with Gasteiger partial charge in [-0.1, -0.05) is 35.9 Å². The Morgan fingerprint density at radius 2 is 1.89 bits per heavy atom. The van der Waals surface area contributed by atoms with Crippen LogP contribution in [0.2, 0.25) is 5.02 Å². The predicted octanol–water partition coefficient (Wildman–Crippen LogP) is 3.88. The number of ether oxygens (including phenoxy) is 2. The minimum absolute atomic E-state index is 0.0426. The Bertz CT molecular complexity index is 978. The summed E-state index contributed by atoms with van der Waals surface area (Å²) in [5, 5.41) is 3.83. The van der Waals surface area contributed by atoms with Gasteiger partial charge in [0, 0.05) is 17.5 Å². The molecule has 0 fully saturated rings. The predicted molar refractivity (Wildman–Crippen MR) is 101 cm³/mol. The van der Waals surface area contributed by atoms with E-state index in [0.29, 0.717) is 22.7 Å². The molecule has 27 heavy (non-hydrogen) atoms. The summed E-state index contributed by atoms with van der Waals surface area (Å²) in [6.07, 6.45) is 0. The number of nitrogens with one attached hydrogen (secondary N) is 1. The van der Waals surface area contributed by atoms with Crippen LogP contribution in [0.3, 0.4) is 0 Å². The molecule has 1 heterocycles. The number of hydrogen-bond donors (Lipinski definition) is 1. The Hall–Kier alpha value is -2.99. The fourth-order valence-corrected chi connectivity index (χ4v) is 2.81. The fraction of sp³-hybridized carbons (Fsp3) is 0.200. The molecule has 2 aromatic carbocycles. The molecule has 7 heteroatoms. The summed E-state index contributed by atoms with van der Waals surface area (Å²) in [5.41, 5.74) is 1.95. The number of benzene rings is 2. The average Bonchev–Trinajstić information content (AvgIpc) is 3.03. The molecule has 0 bridgehead atoms. The van der Waals surface area contributed by atoms with Crippen molar-refractivity contribution in [2.75, 3.05) is 13.7 Å². The lowest BCUT2D eigenvalue weighted by Gasteiger charge is -2.07. The smallest absolute Gasteiger partial charge is 0.375 e. The Kier molecular flexibility index (Phi) is 5.66. The Morgan fingerprint density at radius 3 is 2.56 bits per heavy atom. The number of para-hydroxylation sites is 1. The first-order valence-corrected chi connectivity index (χ1v) is 8.61. The number of carbonyl (C=O) groups excluding carboxylic acids is 2. The van der Waals surface area contributed by atoms with Gasteiger partial charge in [0.1, 0.15) is 5.75 Å². The number of amides is 1. The van der Waals surface area contributed by atoms with Crippen molar-refractivity contribution in [3.63, 3.8) is 0 Å². The van der Waals surface area contributed by atoms with Gasteiger partial charge in [-0.05, 0) is 30.7 Å². The molecular weight excluding hydrogens is 370 g/mol. The highest BCUT2D eigenvalue weighted by atomic mass is 35.5. The van der Waals surface area contributed by atoms with Crippen molar-refractivity contribution in [3.8, 4) is 5.75 Å². The SMILES string of the molecule is COc1ccc(CNC(=O)COC(=O)c2oc3c(Cl)cccc3c2C)cc1. The molecule has 3 aromatic rings. The maximum Gasteiger partial charge on any atom is 0.375 e. The number of methoxy groups -OCH3 is 1. The van der Waals surface area contributed by atoms with E-state index in [4.69, 9.17) is 25.5 Å². The van der Waals surface area contributed by atoms with Crippen LogP contribution in [0.25, 0.3) is 11.0 Å². The Balaban J connectivity index is 1.56. The molecule has 0 spiro atoms. The van der Waals surface area contributed by atoms with Crippen LogP contribution < -0.4 is 10.1 Å². The first kappa shape index (κ1) is 18.8. The number of rotatable bonds is 6. The Labute approximate surface area is 161 Å². The first-order valence-electron chi connectivity index (χ1n) is 8.24. The molecule has 0 radical (unpaired) electrons. The van der Waals surface area contributed by atoms with Crippen LogP contribution in [-0.4, -0.2) is 25.6 Å². The van der Waals surface area contributed by atoms with E-state index in [2.05, 4.69) is 5.32 Å². The maximum atomic E-state index is 12.2. The van der Waals surface area contributed by atoms with Gasteiger partial charge in [-0.15, -0.1) is 0 Å². The second-order valence-corrected chi connectivity index (χ2v) is 6.28. The zero-order valence-corrected chi connectivity index (χ0v) is 15.6. The molecule has 0 saturated heterocycles. The molecular formula is C20H18ClNO5. The third-order valence-corrected chi connectivity index (χ3v) is 4.38. The van der Waals surface area contributed by atoms with Crippen LogP contribution in [0.4, 0.5) is 0 Å². The lowest BCUT2D eigenvalue weighted by atomic mass is 10.1. The van der Waals surface area contributed by atoms with E-state index in [1.807, 2.05) is 12.1 Å². The van der Waals surface area contributed by atoms with Crippen LogP contribution >= 0.6 is 11.6 Å². The van der Waals surface area contributed by atoms with Crippen LogP contribution in [-0.2, 0) is 16.1 Å². The average molecular weight is 388 g/mol. The van der Waals surface area contributed by atoms with Crippen LogP contribution in [0.15, 0.2) is 46.9 Å². The van der Waals surface area contributed by atoms with Crippen molar-refractivity contribution in [2.45, 2.75) is 13.5 Å². The van der Waals surface area contributed by atoms with Crippen LogP contribution in [0.1, 0.15) is 21.7 Å². The maximum absolute atomic E-state index is 12.2. The van der Waals surface area contributed by atoms with E-state index >= 15 is 0 Å². The summed E-state index contributed by atoms with van der Waals surface area (Å²) < 4.78 is 15.7. The lowest BCUT2D eigenvalue weighted by Crippen LogP contribution is -2.28. The summed E-state index contributed by atoms with van der Waals surface area (Å²) in [6.45, 7) is 1.65. The molecule has 1 N–H and O–H groups in total. The van der Waals surface area contributed by atoms with Gasteiger partial charge in [0.05, 0.1) is 12.1 Å². The highest BCUT2D eigenvalue weighted by Crippen LogP contribution is 2.30. The summed E-state index contributed by atoms with van der Waals surface area (Å²) in [4.78, 5) is 24.2. The summed E-state index contributed by atoms with van der Waals surface area (Å²) in [7, 11) is 1.59. The van der Waals surface area contributed by atoms with Gasteiger partial charge >= 0.3 is 5.97 Å². The molecule has 0 unspecified atom stereocenters. The molecule has 1 aromatic heterocycles. The Morgan fingerprint density at radius 1 is 1.15 bits per heavy atom. The molecule has 3 rings (SSSR count). The minimum atomic E-state index is -0.709. The highest BCUT2D eigenvalue weighted by molar-refractivity contribution is 6.35. The third kappa shape index (κ3) is 4.23. The van der Waals surface area contributed by atoms with Gasteiger partial charge in [0.25, 0.3) is 5.91 Å². The molecule has 0 aliphatic rings. The van der Waals surface area contributed by atoms with Crippen molar-refractivity contribution in [3.05, 3.63) is 64.4 Å². The number of furan rings is 1. The second kappa shape index (κ2) is 8.14. The van der Waals surface area contributed by atoms with Crippen molar-refractivity contribution in [2.24, 2.45) is 0 Å². The van der Waals surface area contributed by atoms with E-state index in [1.54, 1.807) is 44.4 Å². The minimum Gasteiger partial charge on any atom is -0.497 e. The highest BCUT2D eigenvalue weighted by Gasteiger charge is 2.21. The van der Waals surface area contributed by atoms with Gasteiger partial charge in [0.2, 0.25) is 5.76 Å². The number of carbonyl (C=O) groups is 2. The van der Waals surface area contributed by atoms with E-state index in [0.717, 1.165) is 16.7 Å². The van der Waals surface area contributed by atoms with Crippen molar-refractivity contribution < 1.29 is 23.5 Å². The van der Waals surface area contributed by atoms with Crippen molar-refractivity contribution >= 4 is 34.4 Å². The van der Waals surface area contributed by atoms with E-state index in [9.17, 15) is 9.59 Å². The molecule has 1 amide bonds. The van der Waals surface area contributed by atoms with Gasteiger partial charge in [-0.3, -0.25) is 4.79 Å². The van der Waals surface area contributed by atoms with Crippen LogP contribution in [0, 0.1) is 6.92 Å². The normalized spacial score (nSPS) is 10.6. The molecule has 0 aliphatic carbocycles. The molecule has 6 nitrogen and oxygen atoms in total. The fourth-order valence-electron chi connectivity index (χ4n) is 2.60. The molecule has 0 saturated carbocycles. The van der Waals surface area contributed by atoms with E-state index in [1.165, 1.54) is 0 Å². The summed E-state index contributed by atoms with van der Waals surface area (Å²) in [6, 6.07) is 12.5. The number of halogens is 1.